The highest BCUT2D eigenvalue weighted by atomic mass is 31.1. The van der Waals surface area contributed by atoms with Crippen LogP contribution in [0.5, 0.6) is 0 Å². The molecule has 6 aromatic carbocycles. The summed E-state index contributed by atoms with van der Waals surface area (Å²) in [5.74, 6) is 0.766. The molecule has 44 heavy (non-hydrogen) atoms. The molecular weight excluding hydrogens is 553 g/mol. The molecule has 0 saturated heterocycles. The Kier molecular flexibility index (Phi) is 6.87. The SMILES string of the molecule is c1ccc(C2=NC(c3cccc(-c4c5ccccc5c(-c5ccncc5)c5ccccc45)c3)PC(c3ccccc3)=N2)cc1. The monoisotopic (exact) mass is 581 g/mol. The molecule has 2 heterocycles. The standard InChI is InChI=1S/C40H28N3P/c1-3-12-28(13-4-1)38-42-39(29-14-5-2-6-15-29)44-40(43-38)31-17-11-16-30(26-31)37-34-20-9-7-18-32(34)36(27-22-24-41-25-23-27)33-19-8-10-21-35(33)37/h1-26,40,44H. The highest BCUT2D eigenvalue weighted by Crippen LogP contribution is 2.46. The maximum Gasteiger partial charge on any atom is 0.156 e. The van der Waals surface area contributed by atoms with E-state index in [4.69, 9.17) is 9.98 Å². The molecule has 0 fully saturated rings. The van der Waals surface area contributed by atoms with E-state index in [-0.39, 0.29) is 5.78 Å². The number of rotatable bonds is 5. The fourth-order valence-electron chi connectivity index (χ4n) is 6.21. The van der Waals surface area contributed by atoms with Gasteiger partial charge in [-0.3, -0.25) is 9.98 Å². The largest absolute Gasteiger partial charge is 0.265 e. The lowest BCUT2D eigenvalue weighted by molar-refractivity contribution is 1.02. The smallest absolute Gasteiger partial charge is 0.156 e. The van der Waals surface area contributed by atoms with Gasteiger partial charge in [0.2, 0.25) is 0 Å². The molecule has 0 N–H and O–H groups in total. The molecule has 0 radical (unpaired) electrons. The summed E-state index contributed by atoms with van der Waals surface area (Å²) in [6.45, 7) is 0. The van der Waals surface area contributed by atoms with Gasteiger partial charge in [-0.25, -0.2) is 4.99 Å². The summed E-state index contributed by atoms with van der Waals surface area (Å²) in [7, 11) is 0.422. The van der Waals surface area contributed by atoms with Gasteiger partial charge in [0.1, 0.15) is 0 Å². The van der Waals surface area contributed by atoms with Gasteiger partial charge in [0.15, 0.2) is 5.84 Å². The molecule has 0 saturated carbocycles. The molecule has 7 aromatic rings. The third-order valence-corrected chi connectivity index (χ3v) is 9.62. The van der Waals surface area contributed by atoms with Crippen LogP contribution in [0.4, 0.5) is 0 Å². The summed E-state index contributed by atoms with van der Waals surface area (Å²) in [6, 6.07) is 51.6. The molecule has 0 bridgehead atoms. The van der Waals surface area contributed by atoms with E-state index in [2.05, 4.69) is 132 Å². The van der Waals surface area contributed by atoms with Gasteiger partial charge in [-0.1, -0.05) is 127 Å². The van der Waals surface area contributed by atoms with E-state index in [0.29, 0.717) is 8.58 Å². The minimum Gasteiger partial charge on any atom is -0.265 e. The lowest BCUT2D eigenvalue weighted by atomic mass is 9.86. The number of amidine groups is 1. The maximum atomic E-state index is 5.25. The molecule has 3 nitrogen and oxygen atoms in total. The second-order valence-corrected chi connectivity index (χ2v) is 12.2. The zero-order valence-electron chi connectivity index (χ0n) is 23.9. The Morgan fingerprint density at radius 2 is 0.977 bits per heavy atom. The Morgan fingerprint density at radius 1 is 0.455 bits per heavy atom. The summed E-state index contributed by atoms with van der Waals surface area (Å²) >= 11 is 0. The number of aliphatic imine (C=N–C) groups is 2. The van der Waals surface area contributed by atoms with Gasteiger partial charge >= 0.3 is 0 Å². The number of pyridine rings is 1. The summed E-state index contributed by atoms with van der Waals surface area (Å²) in [5.41, 5.74) is 9.34. The molecule has 4 heteroatoms. The van der Waals surface area contributed by atoms with Crippen LogP contribution >= 0.6 is 8.58 Å². The van der Waals surface area contributed by atoms with Crippen LogP contribution in [0.25, 0.3) is 43.8 Å². The highest BCUT2D eigenvalue weighted by Gasteiger charge is 2.23. The summed E-state index contributed by atoms with van der Waals surface area (Å²) in [5, 5.41) is 4.95. The van der Waals surface area contributed by atoms with Gasteiger partial charge in [0.25, 0.3) is 0 Å². The minimum atomic E-state index is -0.0218. The lowest BCUT2D eigenvalue weighted by Crippen LogP contribution is -2.11. The van der Waals surface area contributed by atoms with Crippen molar-refractivity contribution >= 4 is 41.4 Å². The van der Waals surface area contributed by atoms with E-state index in [1.54, 1.807) is 0 Å². The van der Waals surface area contributed by atoms with E-state index in [1.807, 2.05) is 30.6 Å². The van der Waals surface area contributed by atoms with Crippen molar-refractivity contribution in [1.82, 2.24) is 4.98 Å². The first-order chi connectivity index (χ1) is 21.8. The van der Waals surface area contributed by atoms with Crippen LogP contribution < -0.4 is 0 Å². The number of nitrogens with zero attached hydrogens (tertiary/aromatic N) is 3. The van der Waals surface area contributed by atoms with E-state index in [9.17, 15) is 0 Å². The number of hydrogen-bond donors (Lipinski definition) is 0. The lowest BCUT2D eigenvalue weighted by Gasteiger charge is -2.22. The van der Waals surface area contributed by atoms with E-state index >= 15 is 0 Å². The quantitative estimate of drug-likeness (QED) is 0.147. The van der Waals surface area contributed by atoms with Crippen LogP contribution in [0.15, 0.2) is 168 Å². The number of aromatic nitrogens is 1. The molecule has 2 atom stereocenters. The molecular formula is C40H28N3P. The van der Waals surface area contributed by atoms with Crippen molar-refractivity contribution < 1.29 is 0 Å². The zero-order valence-corrected chi connectivity index (χ0v) is 24.9. The first kappa shape index (κ1) is 26.4. The third kappa shape index (κ3) is 4.82. The summed E-state index contributed by atoms with van der Waals surface area (Å²) in [6.07, 6.45) is 3.75. The van der Waals surface area contributed by atoms with Crippen molar-refractivity contribution in [2.45, 2.75) is 5.78 Å². The van der Waals surface area contributed by atoms with Gasteiger partial charge < -0.3 is 0 Å². The molecule has 0 spiro atoms. The Morgan fingerprint density at radius 3 is 1.59 bits per heavy atom. The number of fused-ring (bicyclic) bond motifs is 2. The number of benzene rings is 6. The first-order valence-corrected chi connectivity index (χ1v) is 15.9. The molecule has 0 aliphatic carbocycles. The van der Waals surface area contributed by atoms with Gasteiger partial charge in [0.05, 0.1) is 11.2 Å². The second-order valence-electron chi connectivity index (χ2n) is 10.9. The van der Waals surface area contributed by atoms with Gasteiger partial charge in [-0.15, -0.1) is 0 Å². The highest BCUT2D eigenvalue weighted by molar-refractivity contribution is 7.59. The van der Waals surface area contributed by atoms with Crippen LogP contribution in [0.3, 0.4) is 0 Å². The predicted molar refractivity (Wildman–Crippen MR) is 187 cm³/mol. The zero-order chi connectivity index (χ0) is 29.3. The normalized spacial score (nSPS) is 15.3. The van der Waals surface area contributed by atoms with Crippen LogP contribution in [-0.4, -0.2) is 16.3 Å². The molecule has 8 rings (SSSR count). The van der Waals surface area contributed by atoms with E-state index in [1.165, 1.54) is 49.4 Å². The molecule has 1 aliphatic rings. The van der Waals surface area contributed by atoms with Crippen molar-refractivity contribution in [2.75, 3.05) is 0 Å². The fourth-order valence-corrected chi connectivity index (χ4v) is 7.51. The average Bonchev–Trinajstić information content (AvgIpc) is 3.11. The predicted octanol–water partition coefficient (Wildman–Crippen LogP) is 10.3. The molecule has 1 aromatic heterocycles. The summed E-state index contributed by atoms with van der Waals surface area (Å²) < 4.78 is 0. The van der Waals surface area contributed by atoms with Crippen molar-refractivity contribution in [3.05, 3.63) is 175 Å². The van der Waals surface area contributed by atoms with Gasteiger partial charge in [-0.2, -0.15) is 0 Å². The summed E-state index contributed by atoms with van der Waals surface area (Å²) in [4.78, 5) is 14.6. The van der Waals surface area contributed by atoms with Crippen molar-refractivity contribution in [3.8, 4) is 22.3 Å². The molecule has 0 amide bonds. The minimum absolute atomic E-state index is 0.0218. The average molecular weight is 582 g/mol. The fraction of sp³-hybridized carbons (Fsp3) is 0.0250. The number of hydrogen-bond acceptors (Lipinski definition) is 3. The van der Waals surface area contributed by atoms with E-state index < -0.39 is 0 Å². The van der Waals surface area contributed by atoms with Gasteiger partial charge in [0, 0.05) is 23.5 Å². The Balaban J connectivity index is 1.31. The third-order valence-electron chi connectivity index (χ3n) is 8.21. The van der Waals surface area contributed by atoms with Crippen molar-refractivity contribution in [1.29, 1.82) is 0 Å². The Bertz CT molecular complexity index is 2130. The van der Waals surface area contributed by atoms with Crippen molar-refractivity contribution in [2.24, 2.45) is 9.98 Å². The maximum absolute atomic E-state index is 5.25. The topological polar surface area (TPSA) is 37.6 Å². The Labute approximate surface area is 258 Å². The Hall–Kier alpha value is -5.24. The van der Waals surface area contributed by atoms with Gasteiger partial charge in [-0.05, 0) is 76.1 Å². The molecule has 1 aliphatic heterocycles. The van der Waals surface area contributed by atoms with Crippen molar-refractivity contribution in [3.63, 3.8) is 0 Å². The first-order valence-electron chi connectivity index (χ1n) is 14.8. The van der Waals surface area contributed by atoms with Crippen LogP contribution in [0.1, 0.15) is 22.5 Å². The molecule has 2 unspecified atom stereocenters. The molecule has 208 valence electrons. The van der Waals surface area contributed by atoms with E-state index in [0.717, 1.165) is 22.4 Å². The van der Waals surface area contributed by atoms with Crippen LogP contribution in [-0.2, 0) is 0 Å². The second kappa shape index (κ2) is 11.4. The van der Waals surface area contributed by atoms with Crippen LogP contribution in [0.2, 0.25) is 0 Å². The van der Waals surface area contributed by atoms with Crippen LogP contribution in [0, 0.1) is 0 Å².